The van der Waals surface area contributed by atoms with Gasteiger partial charge >= 0.3 is 0 Å². The molecule has 1 aliphatic rings. The van der Waals surface area contributed by atoms with Crippen LogP contribution in [0.25, 0.3) is 0 Å². The molecule has 1 fully saturated rings. The lowest BCUT2D eigenvalue weighted by molar-refractivity contribution is -0.384. The van der Waals surface area contributed by atoms with Gasteiger partial charge < -0.3 is 15.3 Å². The van der Waals surface area contributed by atoms with Gasteiger partial charge in [0, 0.05) is 30.9 Å². The topological polar surface area (TPSA) is 78.6 Å². The Hall–Kier alpha value is -2.67. The number of benzene rings is 2. The minimum absolute atomic E-state index is 0.00432. The van der Waals surface area contributed by atoms with Crippen LogP contribution in [-0.2, 0) is 6.61 Å². The van der Waals surface area contributed by atoms with Gasteiger partial charge in [-0.1, -0.05) is 6.07 Å². The quantitative estimate of drug-likeness (QED) is 0.642. The predicted octanol–water partition coefficient (Wildman–Crippen LogP) is 3.31. The molecule has 1 aliphatic heterocycles. The maximum absolute atomic E-state index is 13.5. The van der Waals surface area contributed by atoms with Gasteiger partial charge in [0.25, 0.3) is 5.69 Å². The van der Waals surface area contributed by atoms with Crippen LogP contribution in [0, 0.1) is 15.9 Å². The summed E-state index contributed by atoms with van der Waals surface area (Å²) in [6, 6.07) is 11.0. The summed E-state index contributed by atoms with van der Waals surface area (Å²) in [6.45, 7) is 1.27. The second-order valence-electron chi connectivity index (χ2n) is 6.18. The fourth-order valence-electron chi connectivity index (χ4n) is 3.18. The van der Waals surface area contributed by atoms with E-state index in [0.717, 1.165) is 25.1 Å². The van der Waals surface area contributed by atoms with Crippen molar-refractivity contribution in [3.63, 3.8) is 0 Å². The lowest BCUT2D eigenvalue weighted by Crippen LogP contribution is -2.42. The van der Waals surface area contributed by atoms with Crippen LogP contribution in [0.3, 0.4) is 0 Å². The summed E-state index contributed by atoms with van der Waals surface area (Å²) in [6.07, 6.45) is 1.77. The van der Waals surface area contributed by atoms with Crippen molar-refractivity contribution < 1.29 is 14.4 Å². The molecule has 0 amide bonds. The zero-order chi connectivity index (χ0) is 17.8. The third-order valence-electron chi connectivity index (χ3n) is 4.39. The molecule has 132 valence electrons. The molecule has 1 unspecified atom stereocenters. The van der Waals surface area contributed by atoms with Gasteiger partial charge in [-0.15, -0.1) is 0 Å². The number of nitrogens with zero attached hydrogens (tertiary/aromatic N) is 2. The van der Waals surface area contributed by atoms with Crippen LogP contribution >= 0.6 is 0 Å². The first-order chi connectivity index (χ1) is 12.1. The van der Waals surface area contributed by atoms with Crippen LogP contribution < -0.4 is 10.2 Å². The Morgan fingerprint density at radius 2 is 2.16 bits per heavy atom. The normalized spacial score (nSPS) is 17.4. The zero-order valence-electron chi connectivity index (χ0n) is 13.7. The number of hydrogen-bond acceptors (Lipinski definition) is 5. The highest BCUT2D eigenvalue weighted by Crippen LogP contribution is 2.29. The number of hydrogen-bond donors (Lipinski definition) is 2. The van der Waals surface area contributed by atoms with Crippen molar-refractivity contribution in [2.45, 2.75) is 25.5 Å². The number of halogens is 1. The minimum Gasteiger partial charge on any atom is -0.392 e. The van der Waals surface area contributed by atoms with E-state index in [0.29, 0.717) is 17.8 Å². The summed E-state index contributed by atoms with van der Waals surface area (Å²) in [5, 5.41) is 23.7. The summed E-state index contributed by atoms with van der Waals surface area (Å²) in [7, 11) is 0. The van der Waals surface area contributed by atoms with Crippen LogP contribution in [0.1, 0.15) is 18.4 Å². The Morgan fingerprint density at radius 3 is 2.88 bits per heavy atom. The minimum atomic E-state index is -0.434. The highest BCUT2D eigenvalue weighted by Gasteiger charge is 2.23. The van der Waals surface area contributed by atoms with Gasteiger partial charge in [-0.2, -0.15) is 0 Å². The first-order valence-corrected chi connectivity index (χ1v) is 8.22. The molecule has 0 aromatic heterocycles. The Morgan fingerprint density at radius 1 is 1.32 bits per heavy atom. The van der Waals surface area contributed by atoms with Gasteiger partial charge in [0.05, 0.1) is 11.5 Å². The van der Waals surface area contributed by atoms with Gasteiger partial charge in [-0.25, -0.2) is 4.39 Å². The average molecular weight is 345 g/mol. The Labute approximate surface area is 145 Å². The summed E-state index contributed by atoms with van der Waals surface area (Å²) in [5.74, 6) is -0.279. The Balaban J connectivity index is 1.78. The van der Waals surface area contributed by atoms with Gasteiger partial charge in [-0.05, 0) is 48.7 Å². The molecule has 2 N–H and O–H groups in total. The maximum Gasteiger partial charge on any atom is 0.292 e. The van der Waals surface area contributed by atoms with Crippen molar-refractivity contribution in [2.24, 2.45) is 0 Å². The largest absolute Gasteiger partial charge is 0.392 e. The number of aliphatic hydroxyl groups excluding tert-OH is 1. The predicted molar refractivity (Wildman–Crippen MR) is 94.3 cm³/mol. The van der Waals surface area contributed by atoms with E-state index in [-0.39, 0.29) is 24.2 Å². The first-order valence-electron chi connectivity index (χ1n) is 8.22. The van der Waals surface area contributed by atoms with E-state index in [4.69, 9.17) is 0 Å². The molecular formula is C18H20FN3O3. The van der Waals surface area contributed by atoms with Crippen LogP contribution in [0.4, 0.5) is 21.5 Å². The lowest BCUT2D eigenvalue weighted by atomic mass is 10.0. The van der Waals surface area contributed by atoms with Crippen molar-refractivity contribution in [3.8, 4) is 0 Å². The monoisotopic (exact) mass is 345 g/mol. The molecule has 0 saturated carbocycles. The molecule has 0 bridgehead atoms. The van der Waals surface area contributed by atoms with Gasteiger partial charge in [0.1, 0.15) is 11.5 Å². The van der Waals surface area contributed by atoms with E-state index < -0.39 is 4.92 Å². The van der Waals surface area contributed by atoms with E-state index in [1.807, 2.05) is 6.07 Å². The fourth-order valence-corrected chi connectivity index (χ4v) is 3.18. The van der Waals surface area contributed by atoms with Crippen LogP contribution in [0.5, 0.6) is 0 Å². The fraction of sp³-hybridized carbons (Fsp3) is 0.333. The number of aliphatic hydroxyl groups is 1. The van der Waals surface area contributed by atoms with E-state index in [9.17, 15) is 19.6 Å². The SMILES string of the molecule is O=[N+]([O-])c1ccc(CO)cc1NC1CCCN(c2cccc(F)c2)C1. The number of rotatable bonds is 5. The highest BCUT2D eigenvalue weighted by molar-refractivity contribution is 5.63. The van der Waals surface area contributed by atoms with Crippen LogP contribution in [-0.4, -0.2) is 29.2 Å². The van der Waals surface area contributed by atoms with Crippen molar-refractivity contribution in [2.75, 3.05) is 23.3 Å². The molecule has 1 saturated heterocycles. The summed E-state index contributed by atoms with van der Waals surface area (Å²) >= 11 is 0. The van der Waals surface area contributed by atoms with E-state index in [1.165, 1.54) is 18.2 Å². The van der Waals surface area contributed by atoms with Gasteiger partial charge in [0.2, 0.25) is 0 Å². The number of piperidine rings is 1. The molecule has 25 heavy (non-hydrogen) atoms. The van der Waals surface area contributed by atoms with Crippen LogP contribution in [0.15, 0.2) is 42.5 Å². The van der Waals surface area contributed by atoms with E-state index in [2.05, 4.69) is 10.2 Å². The van der Waals surface area contributed by atoms with Crippen molar-refractivity contribution in [1.29, 1.82) is 0 Å². The number of nitrogens with one attached hydrogen (secondary N) is 1. The molecular weight excluding hydrogens is 325 g/mol. The third kappa shape index (κ3) is 4.06. The molecule has 1 atom stereocenters. The van der Waals surface area contributed by atoms with Crippen molar-refractivity contribution in [1.82, 2.24) is 0 Å². The molecule has 0 spiro atoms. The molecule has 6 nitrogen and oxygen atoms in total. The number of anilines is 2. The van der Waals surface area contributed by atoms with Gasteiger partial charge in [-0.3, -0.25) is 10.1 Å². The second-order valence-corrected chi connectivity index (χ2v) is 6.18. The molecule has 0 radical (unpaired) electrons. The molecule has 1 heterocycles. The summed E-state index contributed by atoms with van der Waals surface area (Å²) in [4.78, 5) is 12.9. The number of nitro groups is 1. The molecule has 2 aromatic rings. The second kappa shape index (κ2) is 7.48. The Kier molecular flexibility index (Phi) is 5.14. The molecule has 7 heteroatoms. The Bertz CT molecular complexity index is 769. The molecule has 2 aromatic carbocycles. The molecule has 3 rings (SSSR count). The number of nitro benzene ring substituents is 1. The molecule has 0 aliphatic carbocycles. The smallest absolute Gasteiger partial charge is 0.292 e. The van der Waals surface area contributed by atoms with Gasteiger partial charge in [0.15, 0.2) is 0 Å². The van der Waals surface area contributed by atoms with E-state index in [1.54, 1.807) is 18.2 Å². The zero-order valence-corrected chi connectivity index (χ0v) is 13.7. The van der Waals surface area contributed by atoms with E-state index >= 15 is 0 Å². The lowest BCUT2D eigenvalue weighted by Gasteiger charge is -2.35. The maximum atomic E-state index is 13.5. The van der Waals surface area contributed by atoms with Crippen molar-refractivity contribution >= 4 is 17.1 Å². The third-order valence-corrected chi connectivity index (χ3v) is 4.39. The first kappa shape index (κ1) is 17.2. The average Bonchev–Trinajstić information content (AvgIpc) is 2.61. The standard InChI is InChI=1S/C18H20FN3O3/c19-14-3-1-5-16(10-14)21-8-2-4-15(11-21)20-17-9-13(12-23)6-7-18(17)22(24)25/h1,3,5-7,9-10,15,20,23H,2,4,8,11-12H2. The van der Waals surface area contributed by atoms with Crippen LogP contribution in [0.2, 0.25) is 0 Å². The summed E-state index contributed by atoms with van der Waals surface area (Å²) < 4.78 is 13.5. The summed E-state index contributed by atoms with van der Waals surface area (Å²) in [5.41, 5.74) is 1.82. The van der Waals surface area contributed by atoms with Crippen molar-refractivity contribution in [3.05, 3.63) is 64.0 Å². The highest BCUT2D eigenvalue weighted by atomic mass is 19.1.